The summed E-state index contributed by atoms with van der Waals surface area (Å²) in [5.41, 5.74) is 34.9. The maximum Gasteiger partial charge on any atom is 0.252 e. The van der Waals surface area contributed by atoms with Gasteiger partial charge in [0.05, 0.1) is 60.4 Å². The Morgan fingerprint density at radius 3 is 0.890 bits per heavy atom. The maximum atomic E-state index is 2.81. The first kappa shape index (κ1) is 81.9. The van der Waals surface area contributed by atoms with Gasteiger partial charge in [-0.25, -0.2) is 0 Å². The molecular formula is C110H124BN3Si4. The number of anilines is 6. The van der Waals surface area contributed by atoms with E-state index in [2.05, 4.69) is 458 Å². The minimum Gasteiger partial charge on any atom is -0.310 e. The molecule has 8 heteroatoms. The Labute approximate surface area is 711 Å². The monoisotopic (exact) mass is 1610 g/mol. The van der Waals surface area contributed by atoms with Gasteiger partial charge in [-0.15, -0.1) is 0 Å². The highest BCUT2D eigenvalue weighted by Gasteiger charge is 2.47. The van der Waals surface area contributed by atoms with E-state index in [-0.39, 0.29) is 33.8 Å². The summed E-state index contributed by atoms with van der Waals surface area (Å²) in [6.07, 6.45) is 0. The zero-order valence-corrected chi connectivity index (χ0v) is 79.7. The molecule has 13 aromatic carbocycles. The van der Waals surface area contributed by atoms with Crippen molar-refractivity contribution in [3.63, 3.8) is 0 Å². The number of rotatable bonds is 13. The molecule has 0 aliphatic carbocycles. The first-order valence-corrected chi connectivity index (χ1v) is 57.3. The van der Waals surface area contributed by atoms with Gasteiger partial charge in [0.15, 0.2) is 0 Å². The summed E-state index contributed by atoms with van der Waals surface area (Å²) in [7, 11) is -7.54. The third-order valence-corrected chi connectivity index (χ3v) is 33.7. The number of fused-ring (bicyclic) bond motifs is 7. The van der Waals surface area contributed by atoms with Gasteiger partial charge in [-0.05, 0) is 158 Å². The zero-order valence-electron chi connectivity index (χ0n) is 75.7. The van der Waals surface area contributed by atoms with E-state index in [1.54, 1.807) is 0 Å². The van der Waals surface area contributed by atoms with Crippen LogP contribution in [-0.4, -0.2) is 43.6 Å². The molecule has 3 heterocycles. The molecule has 0 amide bonds. The lowest BCUT2D eigenvalue weighted by Crippen LogP contribution is -2.61. The third kappa shape index (κ3) is 15.2. The van der Waals surface area contributed by atoms with E-state index in [0.29, 0.717) is 0 Å². The number of benzene rings is 13. The van der Waals surface area contributed by atoms with Crippen molar-refractivity contribution < 1.29 is 0 Å². The van der Waals surface area contributed by atoms with Crippen LogP contribution in [0.3, 0.4) is 0 Å². The van der Waals surface area contributed by atoms with E-state index in [4.69, 9.17) is 0 Å². The topological polar surface area (TPSA) is 11.4 Å². The summed E-state index contributed by atoms with van der Waals surface area (Å²) < 4.78 is 2.63. The van der Waals surface area contributed by atoms with Crippen LogP contribution in [0.2, 0.25) is 78.6 Å². The van der Waals surface area contributed by atoms with Crippen LogP contribution in [0.25, 0.3) is 94.3 Å². The molecule has 0 saturated carbocycles. The Bertz CT molecular complexity index is 5810. The van der Waals surface area contributed by atoms with Gasteiger partial charge in [-0.2, -0.15) is 0 Å². The van der Waals surface area contributed by atoms with Crippen molar-refractivity contribution in [2.45, 2.75) is 209 Å². The fraction of sp³-hybridized carbons (Fsp3) is 0.291. The van der Waals surface area contributed by atoms with Crippen molar-refractivity contribution in [3.8, 4) is 72.4 Å². The molecule has 0 spiro atoms. The standard InChI is InChI=1S/C110H124BN3Si4/c1-106(2,3)79-52-55-98-94(68-79)93-44-28-29-49-97(93)112(98)84-69-101-103-102(70-84)114(105-91(75-38-32-42-87(62-75)117(22,23)24)47-35-48-92(105)76-39-33-43-88(63-76)118(25,26)27)100-54-51-72(78-58-82(109(10,11)12)67-83(59-78)110(13,14)15)65-96(100)111(103)95-64-71(77-56-80(107(4,5)6)66-81(57-77)108(7,8)9)50-53-99(95)113(101)104-89(73-36-30-40-85(60-73)115(16,17)18)45-34-46-90(104)74-37-31-41-86(61-74)116(19,20)21/h28-70H,1-27H3. The predicted octanol–water partition coefficient (Wildman–Crippen LogP) is 27.5. The molecule has 0 radical (unpaired) electrons. The van der Waals surface area contributed by atoms with Crippen molar-refractivity contribution >= 4 is 132 Å². The molecule has 0 bridgehead atoms. The quantitative estimate of drug-likeness (QED) is 0.107. The van der Waals surface area contributed by atoms with Gasteiger partial charge in [0, 0.05) is 55.8 Å². The average molecular weight is 1610 g/mol. The summed E-state index contributed by atoms with van der Waals surface area (Å²) >= 11 is 0. The number of hydrogen-bond donors (Lipinski definition) is 0. The second-order valence-electron chi connectivity index (χ2n) is 43.7. The Kier molecular flexibility index (Phi) is 20.1. The van der Waals surface area contributed by atoms with Crippen LogP contribution < -0.4 is 46.9 Å². The third-order valence-electron chi connectivity index (χ3n) is 25.5. The van der Waals surface area contributed by atoms with E-state index in [1.807, 2.05) is 0 Å². The molecule has 16 rings (SSSR count). The SMILES string of the molecule is CC(C)(C)c1cc(-c2ccc3c(c2)B2c4cc(-c5cc(C(C)(C)C)cc(C(C)(C)C)c5)ccc4N(c4c(-c5cccc([Si](C)(C)C)c5)cccc4-c4cccc([Si](C)(C)C)c4)c4cc(-n5c6ccccc6c6cc(C(C)(C)C)ccc65)cc(c42)N3c2c(-c3cccc([Si](C)(C)C)c3)cccc2-c2cccc([Si](C)(C)C)c2)cc(C(C)(C)C)c1. The van der Waals surface area contributed by atoms with Gasteiger partial charge < -0.3 is 14.4 Å². The van der Waals surface area contributed by atoms with Crippen LogP contribution in [0.1, 0.15) is 132 Å². The summed E-state index contributed by atoms with van der Waals surface area (Å²) in [6, 6.07) is 106. The average Bonchev–Trinajstić information content (AvgIpc) is 0.840. The molecule has 118 heavy (non-hydrogen) atoms. The Morgan fingerprint density at radius 1 is 0.237 bits per heavy atom. The van der Waals surface area contributed by atoms with Crippen molar-refractivity contribution in [3.05, 3.63) is 289 Å². The molecule has 3 nitrogen and oxygen atoms in total. The number of para-hydroxylation sites is 3. The van der Waals surface area contributed by atoms with E-state index in [1.165, 1.54) is 176 Å². The van der Waals surface area contributed by atoms with Gasteiger partial charge in [0.2, 0.25) is 0 Å². The normalized spacial score (nSPS) is 13.7. The molecule has 0 saturated heterocycles. The lowest BCUT2D eigenvalue weighted by atomic mass is 9.33. The largest absolute Gasteiger partial charge is 0.310 e. The predicted molar refractivity (Wildman–Crippen MR) is 533 cm³/mol. The van der Waals surface area contributed by atoms with Crippen LogP contribution >= 0.6 is 0 Å². The molecule has 2 aliphatic heterocycles. The van der Waals surface area contributed by atoms with Crippen LogP contribution in [0, 0.1) is 0 Å². The van der Waals surface area contributed by atoms with Gasteiger partial charge in [-0.3, -0.25) is 0 Å². The van der Waals surface area contributed by atoms with E-state index >= 15 is 0 Å². The molecule has 0 fully saturated rings. The highest BCUT2D eigenvalue weighted by Crippen LogP contribution is 2.55. The van der Waals surface area contributed by atoms with Crippen LogP contribution in [0.15, 0.2) is 261 Å². The Hall–Kier alpha value is -9.81. The molecule has 0 unspecified atom stereocenters. The van der Waals surface area contributed by atoms with Gasteiger partial charge >= 0.3 is 0 Å². The number of hydrogen-bond acceptors (Lipinski definition) is 2. The van der Waals surface area contributed by atoms with Crippen LogP contribution in [-0.2, 0) is 27.1 Å². The van der Waals surface area contributed by atoms with E-state index < -0.39 is 32.3 Å². The molecular weight excluding hydrogens is 1490 g/mol. The van der Waals surface area contributed by atoms with Crippen molar-refractivity contribution in [2.75, 3.05) is 9.80 Å². The Balaban J connectivity index is 1.16. The molecule has 0 atom stereocenters. The summed E-state index contributed by atoms with van der Waals surface area (Å²) in [5, 5.41) is 8.23. The molecule has 598 valence electrons. The Morgan fingerprint density at radius 2 is 0.559 bits per heavy atom. The molecule has 0 N–H and O–H groups in total. The highest BCUT2D eigenvalue weighted by atomic mass is 28.3. The maximum absolute atomic E-state index is 2.81. The lowest BCUT2D eigenvalue weighted by Gasteiger charge is -2.46. The second-order valence-corrected chi connectivity index (χ2v) is 64.0. The van der Waals surface area contributed by atoms with Gasteiger partial charge in [0.1, 0.15) is 0 Å². The molecule has 14 aromatic rings. The van der Waals surface area contributed by atoms with Crippen molar-refractivity contribution in [2.24, 2.45) is 0 Å². The minimum atomic E-state index is -1.88. The fourth-order valence-corrected chi connectivity index (χ4v) is 22.9. The second kappa shape index (κ2) is 29.0. The minimum absolute atomic E-state index is 0.0823. The lowest BCUT2D eigenvalue weighted by molar-refractivity contribution is 0.568. The van der Waals surface area contributed by atoms with E-state index in [0.717, 1.165) is 17.1 Å². The van der Waals surface area contributed by atoms with E-state index in [9.17, 15) is 0 Å². The van der Waals surface area contributed by atoms with Crippen molar-refractivity contribution in [1.82, 2.24) is 4.57 Å². The number of aromatic nitrogens is 1. The zero-order chi connectivity index (χ0) is 84.4. The van der Waals surface area contributed by atoms with Crippen LogP contribution in [0.4, 0.5) is 34.1 Å². The van der Waals surface area contributed by atoms with Gasteiger partial charge in [-0.1, -0.05) is 422 Å². The first-order chi connectivity index (χ1) is 55.2. The summed E-state index contributed by atoms with van der Waals surface area (Å²) in [5.74, 6) is 0. The summed E-state index contributed by atoms with van der Waals surface area (Å²) in [6.45, 7) is 65.3. The first-order valence-electron chi connectivity index (χ1n) is 43.3. The van der Waals surface area contributed by atoms with Gasteiger partial charge in [0.25, 0.3) is 6.71 Å². The smallest absolute Gasteiger partial charge is 0.252 e. The molecule has 2 aliphatic rings. The van der Waals surface area contributed by atoms with Crippen LogP contribution in [0.5, 0.6) is 0 Å². The van der Waals surface area contributed by atoms with Crippen molar-refractivity contribution in [1.29, 1.82) is 0 Å². The summed E-state index contributed by atoms with van der Waals surface area (Å²) in [4.78, 5) is 5.61. The highest BCUT2D eigenvalue weighted by molar-refractivity contribution is 7.00. The fourth-order valence-electron chi connectivity index (χ4n) is 18.1. The molecule has 1 aromatic heterocycles. The number of nitrogens with zero attached hydrogens (tertiary/aromatic N) is 3.